The lowest BCUT2D eigenvalue weighted by molar-refractivity contribution is -0.137. The average Bonchev–Trinajstić information content (AvgIpc) is 2.85. The lowest BCUT2D eigenvalue weighted by Crippen LogP contribution is -2.42. The standard InChI is InChI=1S/C11H18N2O5S/c1-3-13(9-10-5-4-8-18-10)19(16,17)12(2)7-6-11(14)15/h4-5,8H,3,6-7,9H2,1-2H3,(H,14,15). The molecule has 7 nitrogen and oxygen atoms in total. The zero-order valence-corrected chi connectivity index (χ0v) is 11.8. The molecule has 0 aliphatic heterocycles. The van der Waals surface area contributed by atoms with Crippen LogP contribution in [0.15, 0.2) is 22.8 Å². The fraction of sp³-hybridized carbons (Fsp3) is 0.545. The predicted octanol–water partition coefficient (Wildman–Crippen LogP) is 0.753. The maximum absolute atomic E-state index is 12.2. The molecule has 1 rings (SSSR count). The van der Waals surface area contributed by atoms with E-state index in [1.54, 1.807) is 19.1 Å². The lowest BCUT2D eigenvalue weighted by atomic mass is 10.4. The van der Waals surface area contributed by atoms with Crippen molar-refractivity contribution in [3.63, 3.8) is 0 Å². The summed E-state index contributed by atoms with van der Waals surface area (Å²) in [5.41, 5.74) is 0. The van der Waals surface area contributed by atoms with Crippen LogP contribution in [-0.4, -0.2) is 48.2 Å². The van der Waals surface area contributed by atoms with E-state index in [0.717, 1.165) is 4.31 Å². The number of carboxylic acid groups (broad SMARTS) is 1. The van der Waals surface area contributed by atoms with Crippen LogP contribution < -0.4 is 0 Å². The van der Waals surface area contributed by atoms with Crippen molar-refractivity contribution in [1.29, 1.82) is 0 Å². The first-order valence-electron chi connectivity index (χ1n) is 5.83. The SMILES string of the molecule is CCN(Cc1ccco1)S(=O)(=O)N(C)CCC(=O)O. The molecule has 1 heterocycles. The van der Waals surface area contributed by atoms with Gasteiger partial charge in [-0.25, -0.2) is 0 Å². The normalized spacial score (nSPS) is 12.2. The fourth-order valence-corrected chi connectivity index (χ4v) is 2.83. The van der Waals surface area contributed by atoms with Crippen LogP contribution >= 0.6 is 0 Å². The second-order valence-corrected chi connectivity index (χ2v) is 6.01. The number of carbonyl (C=O) groups is 1. The molecule has 0 spiro atoms. The molecule has 0 saturated heterocycles. The quantitative estimate of drug-likeness (QED) is 0.763. The van der Waals surface area contributed by atoms with E-state index < -0.39 is 16.2 Å². The van der Waals surface area contributed by atoms with Crippen molar-refractivity contribution in [2.75, 3.05) is 20.1 Å². The molecule has 0 aromatic carbocycles. The Kier molecular flexibility index (Phi) is 5.52. The largest absolute Gasteiger partial charge is 0.481 e. The first kappa shape index (κ1) is 15.7. The van der Waals surface area contributed by atoms with Crippen LogP contribution in [0.2, 0.25) is 0 Å². The molecule has 0 amide bonds. The lowest BCUT2D eigenvalue weighted by Gasteiger charge is -2.25. The number of rotatable bonds is 8. The predicted molar refractivity (Wildman–Crippen MR) is 68.6 cm³/mol. The zero-order valence-electron chi connectivity index (χ0n) is 10.9. The molecule has 0 saturated carbocycles. The molecule has 8 heteroatoms. The van der Waals surface area contributed by atoms with Crippen LogP contribution in [-0.2, 0) is 21.5 Å². The summed E-state index contributed by atoms with van der Waals surface area (Å²) in [5, 5.41) is 8.58. The summed E-state index contributed by atoms with van der Waals surface area (Å²) in [6.07, 6.45) is 1.25. The number of carboxylic acids is 1. The van der Waals surface area contributed by atoms with E-state index in [-0.39, 0.29) is 26.1 Å². The fourth-order valence-electron chi connectivity index (χ4n) is 1.50. The Balaban J connectivity index is 2.74. The first-order valence-corrected chi connectivity index (χ1v) is 7.23. The molecule has 0 aliphatic rings. The maximum Gasteiger partial charge on any atom is 0.304 e. The molecule has 1 aromatic heterocycles. The monoisotopic (exact) mass is 290 g/mol. The number of furan rings is 1. The minimum Gasteiger partial charge on any atom is -0.481 e. The molecule has 0 unspecified atom stereocenters. The smallest absolute Gasteiger partial charge is 0.304 e. The van der Waals surface area contributed by atoms with Gasteiger partial charge < -0.3 is 9.52 Å². The Morgan fingerprint density at radius 2 is 2.16 bits per heavy atom. The third-order valence-electron chi connectivity index (χ3n) is 2.63. The molecule has 0 radical (unpaired) electrons. The maximum atomic E-state index is 12.2. The molecule has 0 atom stereocenters. The van der Waals surface area contributed by atoms with Gasteiger partial charge >= 0.3 is 5.97 Å². The molecular formula is C11H18N2O5S. The van der Waals surface area contributed by atoms with Crippen molar-refractivity contribution in [2.24, 2.45) is 0 Å². The van der Waals surface area contributed by atoms with Crippen LogP contribution in [0.1, 0.15) is 19.1 Å². The van der Waals surface area contributed by atoms with Crippen LogP contribution in [0.4, 0.5) is 0 Å². The zero-order chi connectivity index (χ0) is 14.5. The second kappa shape index (κ2) is 6.69. The third kappa shape index (κ3) is 4.34. The van der Waals surface area contributed by atoms with Crippen molar-refractivity contribution in [3.05, 3.63) is 24.2 Å². The summed E-state index contributed by atoms with van der Waals surface area (Å²) in [6.45, 7) is 2.06. The summed E-state index contributed by atoms with van der Waals surface area (Å²) in [4.78, 5) is 10.5. The number of nitrogens with zero attached hydrogens (tertiary/aromatic N) is 2. The Morgan fingerprint density at radius 1 is 1.47 bits per heavy atom. The number of hydrogen-bond donors (Lipinski definition) is 1. The highest BCUT2D eigenvalue weighted by molar-refractivity contribution is 7.86. The van der Waals surface area contributed by atoms with Gasteiger partial charge in [-0.1, -0.05) is 6.92 Å². The summed E-state index contributed by atoms with van der Waals surface area (Å²) >= 11 is 0. The number of aliphatic carboxylic acids is 1. The Bertz CT molecular complexity index is 497. The van der Waals surface area contributed by atoms with E-state index in [1.165, 1.54) is 17.6 Å². The van der Waals surface area contributed by atoms with Gasteiger partial charge in [0, 0.05) is 20.1 Å². The van der Waals surface area contributed by atoms with Crippen LogP contribution in [0.3, 0.4) is 0 Å². The van der Waals surface area contributed by atoms with Crippen LogP contribution in [0.5, 0.6) is 0 Å². The minimum atomic E-state index is -3.68. The Labute approximate surface area is 112 Å². The summed E-state index contributed by atoms with van der Waals surface area (Å²) in [5.74, 6) is -0.492. The van der Waals surface area contributed by atoms with Gasteiger partial charge in [-0.2, -0.15) is 17.0 Å². The van der Waals surface area contributed by atoms with Gasteiger partial charge in [0.15, 0.2) is 0 Å². The van der Waals surface area contributed by atoms with Crippen LogP contribution in [0.25, 0.3) is 0 Å². The van der Waals surface area contributed by atoms with E-state index in [9.17, 15) is 13.2 Å². The third-order valence-corrected chi connectivity index (χ3v) is 4.64. The molecule has 1 aromatic rings. The van der Waals surface area contributed by atoms with Gasteiger partial charge in [0.2, 0.25) is 0 Å². The molecule has 108 valence electrons. The van der Waals surface area contributed by atoms with Crippen molar-refractivity contribution in [1.82, 2.24) is 8.61 Å². The topological polar surface area (TPSA) is 91.1 Å². The van der Waals surface area contributed by atoms with E-state index >= 15 is 0 Å². The van der Waals surface area contributed by atoms with Gasteiger partial charge in [-0.3, -0.25) is 4.79 Å². The molecule has 19 heavy (non-hydrogen) atoms. The van der Waals surface area contributed by atoms with Crippen molar-refractivity contribution < 1.29 is 22.7 Å². The van der Waals surface area contributed by atoms with Crippen molar-refractivity contribution >= 4 is 16.2 Å². The van der Waals surface area contributed by atoms with E-state index in [2.05, 4.69) is 0 Å². The van der Waals surface area contributed by atoms with E-state index in [1.807, 2.05) is 0 Å². The first-order chi connectivity index (χ1) is 8.87. The number of hydrogen-bond acceptors (Lipinski definition) is 4. The molecular weight excluding hydrogens is 272 g/mol. The van der Waals surface area contributed by atoms with Crippen molar-refractivity contribution in [2.45, 2.75) is 19.9 Å². The highest BCUT2D eigenvalue weighted by Gasteiger charge is 2.26. The summed E-state index contributed by atoms with van der Waals surface area (Å²) < 4.78 is 31.8. The Morgan fingerprint density at radius 3 is 2.63 bits per heavy atom. The Hall–Kier alpha value is -1.38. The highest BCUT2D eigenvalue weighted by atomic mass is 32.2. The molecule has 0 aliphatic carbocycles. The van der Waals surface area contributed by atoms with Gasteiger partial charge in [0.05, 0.1) is 19.2 Å². The molecule has 0 fully saturated rings. The highest BCUT2D eigenvalue weighted by Crippen LogP contribution is 2.12. The minimum absolute atomic E-state index is 0.0632. The van der Waals surface area contributed by atoms with E-state index in [0.29, 0.717) is 5.76 Å². The molecule has 1 N–H and O–H groups in total. The van der Waals surface area contributed by atoms with Crippen molar-refractivity contribution in [3.8, 4) is 0 Å². The van der Waals surface area contributed by atoms with Gasteiger partial charge in [-0.15, -0.1) is 0 Å². The summed E-state index contributed by atoms with van der Waals surface area (Å²) in [7, 11) is -2.32. The second-order valence-electron chi connectivity index (χ2n) is 3.98. The summed E-state index contributed by atoms with van der Waals surface area (Å²) in [6, 6.07) is 3.37. The van der Waals surface area contributed by atoms with Gasteiger partial charge in [0.1, 0.15) is 5.76 Å². The molecule has 0 bridgehead atoms. The van der Waals surface area contributed by atoms with Gasteiger partial charge in [0.25, 0.3) is 10.2 Å². The van der Waals surface area contributed by atoms with E-state index in [4.69, 9.17) is 9.52 Å². The average molecular weight is 290 g/mol. The van der Waals surface area contributed by atoms with Crippen LogP contribution in [0, 0.1) is 0 Å². The van der Waals surface area contributed by atoms with Gasteiger partial charge in [-0.05, 0) is 12.1 Å².